The zero-order chi connectivity index (χ0) is 18.0. The zero-order valence-electron chi connectivity index (χ0n) is 14.6. The molecule has 2 heterocycles. The van der Waals surface area contributed by atoms with E-state index in [0.717, 1.165) is 22.5 Å². The second-order valence-corrected chi connectivity index (χ2v) is 6.47. The third kappa shape index (κ3) is 3.37. The Labute approximate surface area is 149 Å². The predicted octanol–water partition coefficient (Wildman–Crippen LogP) is 4.58. The standard InChI is InChI=1S/C18H20FN3O2S/c1-5-16-21-17(11-6-7-25-18(11)22-16)20-10(2)12-8-14(23-3)15(24-4)9-13(12)19/h6-10H,5H2,1-4H3,(H,20,21,22). The van der Waals surface area contributed by atoms with Gasteiger partial charge in [-0.15, -0.1) is 11.3 Å². The number of aryl methyl sites for hydroxylation is 1. The van der Waals surface area contributed by atoms with Crippen LogP contribution in [0.25, 0.3) is 10.2 Å². The first-order valence-electron chi connectivity index (χ1n) is 7.99. The van der Waals surface area contributed by atoms with Gasteiger partial charge in [-0.1, -0.05) is 6.92 Å². The summed E-state index contributed by atoms with van der Waals surface area (Å²) in [6.45, 7) is 3.90. The second kappa shape index (κ2) is 7.23. The van der Waals surface area contributed by atoms with Crippen molar-refractivity contribution in [2.24, 2.45) is 0 Å². The molecule has 3 aromatic rings. The molecule has 0 saturated heterocycles. The van der Waals surface area contributed by atoms with E-state index < -0.39 is 0 Å². The van der Waals surface area contributed by atoms with Crippen molar-refractivity contribution in [2.75, 3.05) is 19.5 Å². The van der Waals surface area contributed by atoms with Crippen molar-refractivity contribution >= 4 is 27.4 Å². The number of ether oxygens (including phenoxy) is 2. The molecule has 1 N–H and O–H groups in total. The molecule has 0 fully saturated rings. The number of methoxy groups -OCH3 is 2. The summed E-state index contributed by atoms with van der Waals surface area (Å²) in [7, 11) is 3.02. The number of nitrogens with zero attached hydrogens (tertiary/aromatic N) is 2. The molecule has 0 aliphatic carbocycles. The summed E-state index contributed by atoms with van der Waals surface area (Å²) in [6, 6.07) is 4.66. The van der Waals surface area contributed by atoms with E-state index in [2.05, 4.69) is 15.3 Å². The molecule has 0 amide bonds. The Hall–Kier alpha value is -2.41. The SMILES string of the molecule is CCc1nc(NC(C)c2cc(OC)c(OC)cc2F)c2ccsc2n1. The Kier molecular flexibility index (Phi) is 5.03. The minimum atomic E-state index is -0.357. The molecule has 0 spiro atoms. The van der Waals surface area contributed by atoms with Gasteiger partial charge < -0.3 is 14.8 Å². The van der Waals surface area contributed by atoms with Crippen LogP contribution in [0, 0.1) is 5.82 Å². The lowest BCUT2D eigenvalue weighted by Crippen LogP contribution is -2.11. The Morgan fingerprint density at radius 2 is 1.92 bits per heavy atom. The minimum Gasteiger partial charge on any atom is -0.493 e. The number of rotatable bonds is 6. The third-order valence-electron chi connectivity index (χ3n) is 4.01. The fourth-order valence-corrected chi connectivity index (χ4v) is 3.44. The second-order valence-electron chi connectivity index (χ2n) is 5.58. The van der Waals surface area contributed by atoms with Crippen molar-refractivity contribution in [1.29, 1.82) is 0 Å². The largest absolute Gasteiger partial charge is 0.493 e. The van der Waals surface area contributed by atoms with Crippen LogP contribution in [-0.4, -0.2) is 24.2 Å². The zero-order valence-corrected chi connectivity index (χ0v) is 15.4. The summed E-state index contributed by atoms with van der Waals surface area (Å²) in [5.41, 5.74) is 0.484. The van der Waals surface area contributed by atoms with Crippen molar-refractivity contribution < 1.29 is 13.9 Å². The molecule has 132 valence electrons. The van der Waals surface area contributed by atoms with E-state index in [9.17, 15) is 4.39 Å². The molecular formula is C18H20FN3O2S. The van der Waals surface area contributed by atoms with E-state index >= 15 is 0 Å². The third-order valence-corrected chi connectivity index (χ3v) is 4.82. The van der Waals surface area contributed by atoms with Gasteiger partial charge in [-0.05, 0) is 24.4 Å². The molecule has 0 bridgehead atoms. The van der Waals surface area contributed by atoms with Crippen molar-refractivity contribution in [3.8, 4) is 11.5 Å². The van der Waals surface area contributed by atoms with E-state index in [1.807, 2.05) is 25.3 Å². The highest BCUT2D eigenvalue weighted by Gasteiger charge is 2.18. The van der Waals surface area contributed by atoms with E-state index in [-0.39, 0.29) is 11.9 Å². The summed E-state index contributed by atoms with van der Waals surface area (Å²) in [5.74, 6) is 1.97. The average Bonchev–Trinajstić information content (AvgIpc) is 3.09. The van der Waals surface area contributed by atoms with Crippen molar-refractivity contribution in [3.63, 3.8) is 0 Å². The summed E-state index contributed by atoms with van der Waals surface area (Å²) in [4.78, 5) is 10.0. The number of benzene rings is 1. The summed E-state index contributed by atoms with van der Waals surface area (Å²) < 4.78 is 24.9. The van der Waals surface area contributed by atoms with Crippen LogP contribution in [0.3, 0.4) is 0 Å². The summed E-state index contributed by atoms with van der Waals surface area (Å²) in [5, 5.41) is 6.23. The van der Waals surface area contributed by atoms with E-state index in [1.165, 1.54) is 20.3 Å². The number of fused-ring (bicyclic) bond motifs is 1. The van der Waals surface area contributed by atoms with Gasteiger partial charge in [-0.3, -0.25) is 0 Å². The van der Waals surface area contributed by atoms with Crippen molar-refractivity contribution in [3.05, 3.63) is 40.8 Å². The summed E-state index contributed by atoms with van der Waals surface area (Å²) >= 11 is 1.57. The number of halogens is 1. The predicted molar refractivity (Wildman–Crippen MR) is 98.3 cm³/mol. The first-order valence-corrected chi connectivity index (χ1v) is 8.87. The Morgan fingerprint density at radius 3 is 2.60 bits per heavy atom. The molecule has 1 atom stereocenters. The highest BCUT2D eigenvalue weighted by molar-refractivity contribution is 7.16. The fraction of sp³-hybridized carbons (Fsp3) is 0.333. The lowest BCUT2D eigenvalue weighted by molar-refractivity contribution is 0.351. The van der Waals surface area contributed by atoms with Crippen molar-refractivity contribution in [1.82, 2.24) is 9.97 Å². The van der Waals surface area contributed by atoms with Crippen LogP contribution in [0.5, 0.6) is 11.5 Å². The van der Waals surface area contributed by atoms with Crippen LogP contribution >= 0.6 is 11.3 Å². The number of anilines is 1. The first-order chi connectivity index (χ1) is 12.1. The highest BCUT2D eigenvalue weighted by Crippen LogP contribution is 2.34. The van der Waals surface area contributed by atoms with Gasteiger partial charge in [0.05, 0.1) is 25.6 Å². The van der Waals surface area contributed by atoms with Crippen LogP contribution in [0.1, 0.15) is 31.3 Å². The quantitative estimate of drug-likeness (QED) is 0.696. The number of aromatic nitrogens is 2. The highest BCUT2D eigenvalue weighted by atomic mass is 32.1. The maximum absolute atomic E-state index is 14.5. The van der Waals surface area contributed by atoms with E-state index in [1.54, 1.807) is 17.4 Å². The van der Waals surface area contributed by atoms with Crippen LogP contribution in [0.15, 0.2) is 23.6 Å². The Morgan fingerprint density at radius 1 is 1.20 bits per heavy atom. The fourth-order valence-electron chi connectivity index (χ4n) is 2.65. The van der Waals surface area contributed by atoms with Gasteiger partial charge in [0.15, 0.2) is 11.5 Å². The molecule has 0 radical (unpaired) electrons. The van der Waals surface area contributed by atoms with Crippen LogP contribution in [0.2, 0.25) is 0 Å². The number of hydrogen-bond donors (Lipinski definition) is 1. The van der Waals surface area contributed by atoms with Gasteiger partial charge in [0.2, 0.25) is 0 Å². The molecule has 0 saturated carbocycles. The maximum atomic E-state index is 14.5. The molecule has 0 aliphatic heterocycles. The first kappa shape index (κ1) is 17.4. The van der Waals surface area contributed by atoms with Gasteiger partial charge in [0.25, 0.3) is 0 Å². The normalized spacial score (nSPS) is 12.2. The molecule has 1 unspecified atom stereocenters. The van der Waals surface area contributed by atoms with E-state index in [4.69, 9.17) is 9.47 Å². The maximum Gasteiger partial charge on any atom is 0.163 e. The van der Waals surface area contributed by atoms with Gasteiger partial charge in [-0.2, -0.15) is 0 Å². The molecular weight excluding hydrogens is 341 g/mol. The summed E-state index contributed by atoms with van der Waals surface area (Å²) in [6.07, 6.45) is 0.738. The number of hydrogen-bond acceptors (Lipinski definition) is 6. The van der Waals surface area contributed by atoms with Gasteiger partial charge in [0, 0.05) is 18.1 Å². The van der Waals surface area contributed by atoms with Crippen molar-refractivity contribution in [2.45, 2.75) is 26.3 Å². The van der Waals surface area contributed by atoms with Crippen LogP contribution in [0.4, 0.5) is 10.2 Å². The van der Waals surface area contributed by atoms with Gasteiger partial charge in [0.1, 0.15) is 22.3 Å². The average molecular weight is 361 g/mol. The smallest absolute Gasteiger partial charge is 0.163 e. The lowest BCUT2D eigenvalue weighted by Gasteiger charge is -2.18. The van der Waals surface area contributed by atoms with Crippen LogP contribution in [-0.2, 0) is 6.42 Å². The molecule has 1 aromatic carbocycles. The molecule has 25 heavy (non-hydrogen) atoms. The lowest BCUT2D eigenvalue weighted by atomic mass is 10.1. The van der Waals surface area contributed by atoms with E-state index in [0.29, 0.717) is 22.9 Å². The molecule has 3 rings (SSSR count). The number of nitrogens with one attached hydrogen (secondary N) is 1. The molecule has 2 aromatic heterocycles. The topological polar surface area (TPSA) is 56.3 Å². The minimum absolute atomic E-state index is 0.303. The van der Waals surface area contributed by atoms with Gasteiger partial charge in [-0.25, -0.2) is 14.4 Å². The van der Waals surface area contributed by atoms with Gasteiger partial charge >= 0.3 is 0 Å². The Bertz CT molecular complexity index is 897. The molecule has 7 heteroatoms. The monoisotopic (exact) mass is 361 g/mol. The molecule has 5 nitrogen and oxygen atoms in total. The molecule has 0 aliphatic rings. The Balaban J connectivity index is 1.97. The number of thiophene rings is 1. The van der Waals surface area contributed by atoms with Crippen LogP contribution < -0.4 is 14.8 Å².